The Labute approximate surface area is 195 Å². The molecule has 0 aromatic heterocycles. The number of allylic oxidation sites excluding steroid dienone is 7. The summed E-state index contributed by atoms with van der Waals surface area (Å²) in [6.07, 6.45) is 9.07. The lowest BCUT2D eigenvalue weighted by Gasteiger charge is -2.41. The highest BCUT2D eigenvalue weighted by molar-refractivity contribution is 7.56. The summed E-state index contributed by atoms with van der Waals surface area (Å²) < 4.78 is 13.9. The Kier molecular flexibility index (Phi) is 6.16. The van der Waals surface area contributed by atoms with Crippen LogP contribution in [0.2, 0.25) is 0 Å². The van der Waals surface area contributed by atoms with Crippen LogP contribution >= 0.6 is 8.38 Å². The van der Waals surface area contributed by atoms with Crippen LogP contribution in [0, 0.1) is 10.8 Å². The highest BCUT2D eigenvalue weighted by atomic mass is 31.2. The van der Waals surface area contributed by atoms with Crippen LogP contribution in [0.5, 0.6) is 0 Å². The van der Waals surface area contributed by atoms with Crippen LogP contribution in [0.4, 0.5) is 0 Å². The van der Waals surface area contributed by atoms with Crippen LogP contribution in [-0.2, 0) is 9.05 Å². The van der Waals surface area contributed by atoms with Gasteiger partial charge in [-0.25, -0.2) is 0 Å². The molecule has 0 bridgehead atoms. The van der Waals surface area contributed by atoms with Crippen LogP contribution in [0.25, 0.3) is 0 Å². The number of fused-ring (bicyclic) bond motifs is 2. The molecule has 1 aromatic carbocycles. The normalized spacial score (nSPS) is 26.7. The van der Waals surface area contributed by atoms with Gasteiger partial charge in [0.1, 0.15) is 11.9 Å². The van der Waals surface area contributed by atoms with Crippen molar-refractivity contribution < 1.29 is 9.05 Å². The molecule has 0 amide bonds. The summed E-state index contributed by atoms with van der Waals surface area (Å²) in [5.74, 6) is 1.05. The number of hydrogen-bond donors (Lipinski definition) is 0. The predicted octanol–water partition coefficient (Wildman–Crippen LogP) is 8.31. The van der Waals surface area contributed by atoms with Gasteiger partial charge >= 0.3 is 0 Å². The van der Waals surface area contributed by atoms with Crippen molar-refractivity contribution in [2.75, 3.05) is 0 Å². The van der Waals surface area contributed by atoms with Gasteiger partial charge in [0.2, 0.25) is 0 Å². The fraction of sp³-hybridized carbons (Fsp3) is 0.448. The summed E-state index contributed by atoms with van der Waals surface area (Å²) >= 11 is 0. The summed E-state index contributed by atoms with van der Waals surface area (Å²) in [6.45, 7) is 18.0. The van der Waals surface area contributed by atoms with Crippen molar-refractivity contribution in [2.45, 2.75) is 74.3 Å². The molecule has 0 saturated carbocycles. The summed E-state index contributed by atoms with van der Waals surface area (Å²) in [5, 5.41) is 1.11. The van der Waals surface area contributed by atoms with Gasteiger partial charge in [-0.05, 0) is 61.0 Å². The van der Waals surface area contributed by atoms with Gasteiger partial charge in [0.25, 0.3) is 8.38 Å². The first-order chi connectivity index (χ1) is 14.9. The van der Waals surface area contributed by atoms with E-state index in [1.807, 2.05) is 0 Å². The second-order valence-electron chi connectivity index (χ2n) is 11.3. The quantitative estimate of drug-likeness (QED) is 0.402. The van der Waals surface area contributed by atoms with Crippen molar-refractivity contribution in [1.82, 2.24) is 0 Å². The molecule has 0 radical (unpaired) electrons. The lowest BCUT2D eigenvalue weighted by atomic mass is 9.73. The van der Waals surface area contributed by atoms with Crippen LogP contribution in [0.3, 0.4) is 0 Å². The van der Waals surface area contributed by atoms with E-state index in [9.17, 15) is 0 Å². The average Bonchev–Trinajstić information content (AvgIpc) is 2.69. The smallest absolute Gasteiger partial charge is 0.265 e. The molecule has 2 unspecified atom stereocenters. The minimum absolute atomic E-state index is 0.0000422. The lowest BCUT2D eigenvalue weighted by molar-refractivity contribution is 0.210. The number of hydrogen-bond acceptors (Lipinski definition) is 2. The van der Waals surface area contributed by atoms with Crippen LogP contribution in [-0.4, -0.2) is 6.10 Å². The Morgan fingerprint density at radius 1 is 0.844 bits per heavy atom. The molecule has 1 aliphatic heterocycles. The van der Waals surface area contributed by atoms with Gasteiger partial charge in [-0.2, -0.15) is 0 Å². The monoisotopic (exact) mass is 448 g/mol. The average molecular weight is 449 g/mol. The van der Waals surface area contributed by atoms with Gasteiger partial charge in [0.05, 0.1) is 0 Å². The molecule has 3 aliphatic rings. The van der Waals surface area contributed by atoms with E-state index >= 15 is 0 Å². The molecule has 1 aromatic rings. The highest BCUT2D eigenvalue weighted by Crippen LogP contribution is 2.54. The largest absolute Gasteiger partial charge is 0.447 e. The van der Waals surface area contributed by atoms with Crippen molar-refractivity contribution in [3.05, 3.63) is 87.8 Å². The molecule has 3 heteroatoms. The Hall–Kier alpha value is -1.89. The van der Waals surface area contributed by atoms with E-state index in [4.69, 9.17) is 9.05 Å². The second kappa shape index (κ2) is 8.47. The molecule has 2 nitrogen and oxygen atoms in total. The van der Waals surface area contributed by atoms with Crippen molar-refractivity contribution in [2.24, 2.45) is 10.8 Å². The van der Waals surface area contributed by atoms with Crippen molar-refractivity contribution in [3.63, 3.8) is 0 Å². The van der Waals surface area contributed by atoms with Gasteiger partial charge in [0, 0.05) is 16.3 Å². The third-order valence-corrected chi connectivity index (χ3v) is 7.77. The van der Waals surface area contributed by atoms with Gasteiger partial charge < -0.3 is 9.05 Å². The van der Waals surface area contributed by atoms with Gasteiger partial charge in [-0.15, -0.1) is 0 Å². The maximum absolute atomic E-state index is 6.99. The fourth-order valence-corrected chi connectivity index (χ4v) is 6.28. The molecule has 170 valence electrons. The van der Waals surface area contributed by atoms with Gasteiger partial charge in [-0.3, -0.25) is 0 Å². The van der Waals surface area contributed by atoms with E-state index in [1.54, 1.807) is 0 Å². The van der Waals surface area contributed by atoms with E-state index in [-0.39, 0.29) is 16.9 Å². The predicted molar refractivity (Wildman–Crippen MR) is 137 cm³/mol. The summed E-state index contributed by atoms with van der Waals surface area (Å²) in [4.78, 5) is 0. The first kappa shape index (κ1) is 23.3. The second-order valence-corrected chi connectivity index (χ2v) is 12.7. The number of benzene rings is 1. The zero-order chi connectivity index (χ0) is 23.3. The molecule has 0 N–H and O–H groups in total. The lowest BCUT2D eigenvalue weighted by Crippen LogP contribution is -2.32. The van der Waals surface area contributed by atoms with Crippen LogP contribution in [0.1, 0.15) is 68.2 Å². The maximum atomic E-state index is 6.99. The molecule has 4 rings (SSSR count). The summed E-state index contributed by atoms with van der Waals surface area (Å²) in [7, 11) is -1.28. The molecular weight excluding hydrogens is 411 g/mol. The molecular formula is C29H37O2P. The first-order valence-corrected chi connectivity index (χ1v) is 12.9. The third-order valence-electron chi connectivity index (χ3n) is 6.30. The molecule has 2 aliphatic carbocycles. The summed E-state index contributed by atoms with van der Waals surface area (Å²) in [5.41, 5.74) is 7.90. The Bertz CT molecular complexity index is 1050. The van der Waals surface area contributed by atoms with Gasteiger partial charge in [0.15, 0.2) is 0 Å². The molecule has 0 spiro atoms. The van der Waals surface area contributed by atoms with E-state index in [2.05, 4.69) is 104 Å². The van der Waals surface area contributed by atoms with Crippen molar-refractivity contribution in [3.8, 4) is 0 Å². The molecule has 2 atom stereocenters. The standard InChI is InChI=1S/C29H37O2P/c1-19-14-15-22-23-17-20(2)18-25(28(3,4)5)26(23)30-32(21-12-10-9-11-13-21)31-27(24(22)16-19)29(6,7)8/h9-13,16-18,26H,14-15H2,1-8H3/b23-22-,27-24?. The SMILES string of the molecule is CC1=C/C2=C3\CCC(C)=CC3=C(C(C)(C)C)OP(c3ccccc3)OC2C(C(C)(C)C)=C1. The van der Waals surface area contributed by atoms with E-state index < -0.39 is 8.38 Å². The van der Waals surface area contributed by atoms with E-state index in [1.165, 1.54) is 33.4 Å². The fourth-order valence-electron chi connectivity index (χ4n) is 4.64. The Balaban J connectivity index is 2.02. The minimum Gasteiger partial charge on any atom is -0.447 e. The van der Waals surface area contributed by atoms with Gasteiger partial charge in [-0.1, -0.05) is 89.1 Å². The minimum atomic E-state index is -1.28. The zero-order valence-corrected chi connectivity index (χ0v) is 21.8. The topological polar surface area (TPSA) is 18.5 Å². The Morgan fingerprint density at radius 3 is 2.16 bits per heavy atom. The third kappa shape index (κ3) is 4.59. The zero-order valence-electron chi connectivity index (χ0n) is 20.9. The highest BCUT2D eigenvalue weighted by Gasteiger charge is 2.40. The first-order valence-electron chi connectivity index (χ1n) is 11.7. The Morgan fingerprint density at radius 2 is 1.53 bits per heavy atom. The molecule has 0 saturated heterocycles. The molecule has 0 fully saturated rings. The number of rotatable bonds is 1. The molecule has 1 heterocycles. The maximum Gasteiger partial charge on any atom is 0.265 e. The van der Waals surface area contributed by atoms with E-state index in [0.717, 1.165) is 23.9 Å². The van der Waals surface area contributed by atoms with Crippen molar-refractivity contribution in [1.29, 1.82) is 0 Å². The van der Waals surface area contributed by atoms with Crippen molar-refractivity contribution >= 4 is 13.7 Å². The molecule has 32 heavy (non-hydrogen) atoms. The van der Waals surface area contributed by atoms with Crippen LogP contribution in [0.15, 0.2) is 87.8 Å². The summed E-state index contributed by atoms with van der Waals surface area (Å²) in [6, 6.07) is 10.5. The van der Waals surface area contributed by atoms with E-state index in [0.29, 0.717) is 0 Å². The van der Waals surface area contributed by atoms with Crippen LogP contribution < -0.4 is 5.30 Å².